The number of benzene rings is 2. The standard InChI is InChI=1S/C15H10ClNO/c16-13-3-1-2-9-6-12-10-4-5-17-8-15(10)18-14(12)7-11(9)13/h1-7,17H,8H2. The molecule has 0 spiro atoms. The Labute approximate surface area is 109 Å². The van der Waals surface area contributed by atoms with E-state index in [-0.39, 0.29) is 0 Å². The van der Waals surface area contributed by atoms with Crippen LogP contribution >= 0.6 is 11.6 Å². The Morgan fingerprint density at radius 3 is 3.06 bits per heavy atom. The summed E-state index contributed by atoms with van der Waals surface area (Å²) in [6.07, 6.45) is 4.01. The Morgan fingerprint density at radius 1 is 1.17 bits per heavy atom. The van der Waals surface area contributed by atoms with E-state index in [0.29, 0.717) is 0 Å². The third kappa shape index (κ3) is 1.30. The van der Waals surface area contributed by atoms with Crippen molar-refractivity contribution >= 4 is 39.4 Å². The summed E-state index contributed by atoms with van der Waals surface area (Å²) in [7, 11) is 0. The molecule has 0 radical (unpaired) electrons. The fourth-order valence-corrected chi connectivity index (χ4v) is 2.74. The van der Waals surface area contributed by atoms with Crippen molar-refractivity contribution in [3.63, 3.8) is 0 Å². The van der Waals surface area contributed by atoms with Gasteiger partial charge in [-0.3, -0.25) is 0 Å². The molecule has 2 nitrogen and oxygen atoms in total. The predicted molar refractivity (Wildman–Crippen MR) is 74.6 cm³/mol. The lowest BCUT2D eigenvalue weighted by molar-refractivity contribution is 0.533. The normalized spacial score (nSPS) is 13.8. The molecule has 3 heteroatoms. The van der Waals surface area contributed by atoms with Gasteiger partial charge in [0.2, 0.25) is 0 Å². The van der Waals surface area contributed by atoms with Gasteiger partial charge in [0, 0.05) is 21.4 Å². The fourth-order valence-electron chi connectivity index (χ4n) is 2.51. The molecule has 2 heterocycles. The number of hydrogen-bond donors (Lipinski definition) is 1. The molecule has 0 amide bonds. The second kappa shape index (κ2) is 3.53. The van der Waals surface area contributed by atoms with Crippen molar-refractivity contribution in [3.05, 3.63) is 52.9 Å². The van der Waals surface area contributed by atoms with Crippen molar-refractivity contribution in [2.75, 3.05) is 0 Å². The van der Waals surface area contributed by atoms with E-state index in [9.17, 15) is 0 Å². The summed E-state index contributed by atoms with van der Waals surface area (Å²) in [4.78, 5) is 0. The number of hydrogen-bond acceptors (Lipinski definition) is 2. The molecule has 18 heavy (non-hydrogen) atoms. The van der Waals surface area contributed by atoms with Crippen molar-refractivity contribution in [2.45, 2.75) is 6.54 Å². The molecule has 1 aliphatic heterocycles. The van der Waals surface area contributed by atoms with Gasteiger partial charge in [-0.2, -0.15) is 0 Å². The average Bonchev–Trinajstić information content (AvgIpc) is 2.75. The van der Waals surface area contributed by atoms with E-state index < -0.39 is 0 Å². The first-order valence-corrected chi connectivity index (χ1v) is 6.24. The molecule has 1 aromatic heterocycles. The molecule has 1 aliphatic rings. The maximum Gasteiger partial charge on any atom is 0.135 e. The van der Waals surface area contributed by atoms with Gasteiger partial charge in [-0.25, -0.2) is 0 Å². The number of furan rings is 1. The summed E-state index contributed by atoms with van der Waals surface area (Å²) < 4.78 is 5.88. The average molecular weight is 256 g/mol. The second-order valence-corrected chi connectivity index (χ2v) is 4.87. The zero-order chi connectivity index (χ0) is 12.1. The number of rotatable bonds is 0. The summed E-state index contributed by atoms with van der Waals surface area (Å²) in [5.74, 6) is 0.985. The van der Waals surface area contributed by atoms with Crippen LogP contribution in [-0.4, -0.2) is 0 Å². The highest BCUT2D eigenvalue weighted by Crippen LogP contribution is 2.34. The Morgan fingerprint density at radius 2 is 2.11 bits per heavy atom. The van der Waals surface area contributed by atoms with Crippen LogP contribution in [0.5, 0.6) is 0 Å². The smallest absolute Gasteiger partial charge is 0.135 e. The summed E-state index contributed by atoms with van der Waals surface area (Å²) in [5.41, 5.74) is 2.07. The highest BCUT2D eigenvalue weighted by Gasteiger charge is 2.15. The fraction of sp³-hybridized carbons (Fsp3) is 0.0667. The molecular weight excluding hydrogens is 246 g/mol. The van der Waals surface area contributed by atoms with Gasteiger partial charge in [-0.05, 0) is 35.9 Å². The molecule has 0 aliphatic carbocycles. The summed E-state index contributed by atoms with van der Waals surface area (Å²) in [5, 5.41) is 7.25. The molecule has 2 aromatic carbocycles. The van der Waals surface area contributed by atoms with Gasteiger partial charge in [0.05, 0.1) is 6.54 Å². The molecule has 0 atom stereocenters. The maximum atomic E-state index is 6.22. The van der Waals surface area contributed by atoms with Crippen LogP contribution < -0.4 is 5.32 Å². The van der Waals surface area contributed by atoms with Crippen LogP contribution in [0.4, 0.5) is 0 Å². The van der Waals surface area contributed by atoms with Crippen LogP contribution in [0.15, 0.2) is 40.9 Å². The summed E-state index contributed by atoms with van der Waals surface area (Å²) >= 11 is 6.22. The van der Waals surface area contributed by atoms with Crippen LogP contribution in [0.2, 0.25) is 5.02 Å². The van der Waals surface area contributed by atoms with Gasteiger partial charge in [0.25, 0.3) is 0 Å². The lowest BCUT2D eigenvalue weighted by atomic mass is 10.0. The third-order valence-corrected chi connectivity index (χ3v) is 3.71. The van der Waals surface area contributed by atoms with E-state index in [1.165, 1.54) is 5.56 Å². The highest BCUT2D eigenvalue weighted by molar-refractivity contribution is 6.35. The van der Waals surface area contributed by atoms with Gasteiger partial charge >= 0.3 is 0 Å². The first kappa shape index (κ1) is 10.0. The molecule has 1 N–H and O–H groups in total. The third-order valence-electron chi connectivity index (χ3n) is 3.38. The van der Waals surface area contributed by atoms with E-state index in [2.05, 4.69) is 23.5 Å². The van der Waals surface area contributed by atoms with Gasteiger partial charge in [0.1, 0.15) is 11.3 Å². The van der Waals surface area contributed by atoms with Crippen molar-refractivity contribution in [2.24, 2.45) is 0 Å². The summed E-state index contributed by atoms with van der Waals surface area (Å²) in [6, 6.07) is 10.1. The zero-order valence-corrected chi connectivity index (χ0v) is 10.3. The molecule has 88 valence electrons. The zero-order valence-electron chi connectivity index (χ0n) is 9.53. The molecular formula is C15H10ClNO. The second-order valence-electron chi connectivity index (χ2n) is 4.46. The van der Waals surface area contributed by atoms with Crippen LogP contribution in [0.25, 0.3) is 27.8 Å². The Hall–Kier alpha value is -1.93. The van der Waals surface area contributed by atoms with Crippen LogP contribution in [0.1, 0.15) is 11.3 Å². The molecule has 0 unspecified atom stereocenters. The van der Waals surface area contributed by atoms with Crippen molar-refractivity contribution in [3.8, 4) is 0 Å². The minimum absolute atomic E-state index is 0.741. The van der Waals surface area contributed by atoms with E-state index >= 15 is 0 Å². The van der Waals surface area contributed by atoms with Crippen LogP contribution in [-0.2, 0) is 6.54 Å². The maximum absolute atomic E-state index is 6.22. The Bertz CT molecular complexity index is 801. The first-order chi connectivity index (χ1) is 8.83. The van der Waals surface area contributed by atoms with Gasteiger partial charge < -0.3 is 9.73 Å². The Balaban J connectivity index is 2.16. The molecule has 4 rings (SSSR count). The minimum atomic E-state index is 0.741. The number of nitrogens with one attached hydrogen (secondary N) is 1. The van der Waals surface area contributed by atoms with Crippen molar-refractivity contribution in [1.29, 1.82) is 0 Å². The topological polar surface area (TPSA) is 25.2 Å². The molecule has 0 fully saturated rings. The Kier molecular flexibility index (Phi) is 1.97. The van der Waals surface area contributed by atoms with E-state index in [4.69, 9.17) is 16.0 Å². The van der Waals surface area contributed by atoms with Crippen molar-refractivity contribution in [1.82, 2.24) is 5.32 Å². The predicted octanol–water partition coefficient (Wildman–Crippen LogP) is 4.31. The number of halogens is 1. The van der Waals surface area contributed by atoms with E-state index in [1.54, 1.807) is 0 Å². The van der Waals surface area contributed by atoms with E-state index in [0.717, 1.165) is 39.1 Å². The molecule has 0 saturated carbocycles. The van der Waals surface area contributed by atoms with Crippen LogP contribution in [0, 0.1) is 0 Å². The monoisotopic (exact) mass is 255 g/mol. The highest BCUT2D eigenvalue weighted by atomic mass is 35.5. The van der Waals surface area contributed by atoms with Gasteiger partial charge in [-0.15, -0.1) is 0 Å². The lowest BCUT2D eigenvalue weighted by Crippen LogP contribution is -2.07. The largest absolute Gasteiger partial charge is 0.459 e. The molecule has 0 bridgehead atoms. The van der Waals surface area contributed by atoms with Gasteiger partial charge in [0.15, 0.2) is 0 Å². The van der Waals surface area contributed by atoms with Crippen molar-refractivity contribution < 1.29 is 4.42 Å². The van der Waals surface area contributed by atoms with Crippen LogP contribution in [0.3, 0.4) is 0 Å². The first-order valence-electron chi connectivity index (χ1n) is 5.86. The molecule has 0 saturated heterocycles. The lowest BCUT2D eigenvalue weighted by Gasteiger charge is -2.04. The quantitative estimate of drug-likeness (QED) is 0.647. The number of fused-ring (bicyclic) bond motifs is 4. The van der Waals surface area contributed by atoms with Gasteiger partial charge in [-0.1, -0.05) is 23.7 Å². The SMILES string of the molecule is Clc1cccc2cc3c4c(oc3cc12)CNC=C4. The minimum Gasteiger partial charge on any atom is -0.459 e. The molecule has 3 aromatic rings. The van der Waals surface area contributed by atoms with E-state index in [1.807, 2.05) is 24.4 Å². The summed E-state index contributed by atoms with van der Waals surface area (Å²) in [6.45, 7) is 0.741.